The van der Waals surface area contributed by atoms with Crippen molar-refractivity contribution >= 4 is 11.6 Å². The number of benzene rings is 1. The quantitative estimate of drug-likeness (QED) is 0.879. The van der Waals surface area contributed by atoms with Gasteiger partial charge in [-0.3, -0.25) is 4.79 Å². The lowest BCUT2D eigenvalue weighted by molar-refractivity contribution is -0.121. The molecule has 5 heteroatoms. The molecule has 1 heterocycles. The van der Waals surface area contributed by atoms with Crippen LogP contribution >= 0.6 is 0 Å². The van der Waals surface area contributed by atoms with Crippen molar-refractivity contribution in [2.75, 3.05) is 25.0 Å². The van der Waals surface area contributed by atoms with Crippen LogP contribution < -0.4 is 5.32 Å². The lowest BCUT2D eigenvalue weighted by atomic mass is 9.97. The number of phenolic OH excluding ortho intramolecular Hbond substituents is 1. The summed E-state index contributed by atoms with van der Waals surface area (Å²) < 4.78 is 0. The van der Waals surface area contributed by atoms with E-state index in [1.165, 1.54) is 6.07 Å². The summed E-state index contributed by atoms with van der Waals surface area (Å²) >= 11 is 0. The minimum atomic E-state index is -0.0511. The molecular weight excluding hydrogens is 254 g/mol. The SMILES string of the molecule is N#CCCN1CCCC(C(=O)Nc2cccc(O)c2)C1. The van der Waals surface area contributed by atoms with Gasteiger partial charge in [-0.1, -0.05) is 6.07 Å². The van der Waals surface area contributed by atoms with Crippen LogP contribution in [0, 0.1) is 17.2 Å². The van der Waals surface area contributed by atoms with Crippen molar-refractivity contribution in [2.24, 2.45) is 5.92 Å². The zero-order chi connectivity index (χ0) is 14.4. The van der Waals surface area contributed by atoms with E-state index in [2.05, 4.69) is 16.3 Å². The van der Waals surface area contributed by atoms with Crippen LogP contribution in [0.1, 0.15) is 19.3 Å². The van der Waals surface area contributed by atoms with Crippen LogP contribution in [0.2, 0.25) is 0 Å². The third-order valence-electron chi connectivity index (χ3n) is 3.53. The van der Waals surface area contributed by atoms with Crippen molar-refractivity contribution in [2.45, 2.75) is 19.3 Å². The van der Waals surface area contributed by atoms with E-state index < -0.39 is 0 Å². The van der Waals surface area contributed by atoms with Gasteiger partial charge in [0.25, 0.3) is 0 Å². The summed E-state index contributed by atoms with van der Waals surface area (Å²) in [5.74, 6) is 0.0733. The number of likely N-dealkylation sites (tertiary alicyclic amines) is 1. The Hall–Kier alpha value is -2.06. The Bertz CT molecular complexity index is 510. The second-order valence-electron chi connectivity index (χ2n) is 5.09. The Kier molecular flexibility index (Phi) is 4.97. The predicted octanol–water partition coefficient (Wildman–Crippen LogP) is 1.96. The number of nitrogens with zero attached hydrogens (tertiary/aromatic N) is 2. The van der Waals surface area contributed by atoms with Crippen LogP contribution in [0.5, 0.6) is 5.75 Å². The molecule has 1 saturated heterocycles. The number of hydrogen-bond acceptors (Lipinski definition) is 4. The molecular formula is C15H19N3O2. The molecule has 0 bridgehead atoms. The topological polar surface area (TPSA) is 76.4 Å². The van der Waals surface area contributed by atoms with E-state index in [9.17, 15) is 9.90 Å². The van der Waals surface area contributed by atoms with Crippen molar-refractivity contribution < 1.29 is 9.90 Å². The molecule has 1 amide bonds. The molecule has 0 spiro atoms. The van der Waals surface area contributed by atoms with Crippen LogP contribution in [-0.2, 0) is 4.79 Å². The number of nitriles is 1. The summed E-state index contributed by atoms with van der Waals surface area (Å²) in [6.45, 7) is 2.39. The minimum Gasteiger partial charge on any atom is -0.508 e. The van der Waals surface area contributed by atoms with Crippen molar-refractivity contribution in [3.63, 3.8) is 0 Å². The Morgan fingerprint density at radius 3 is 3.15 bits per heavy atom. The number of carbonyl (C=O) groups is 1. The van der Waals surface area contributed by atoms with Gasteiger partial charge in [0.2, 0.25) is 5.91 Å². The van der Waals surface area contributed by atoms with Gasteiger partial charge in [0.1, 0.15) is 5.75 Å². The standard InChI is InChI=1S/C15H19N3O2/c16-7-3-9-18-8-2-4-12(11-18)15(20)17-13-5-1-6-14(19)10-13/h1,5-6,10,12,19H,2-4,8-9,11H2,(H,17,20). The van der Waals surface area contributed by atoms with E-state index in [1.807, 2.05) is 0 Å². The average molecular weight is 273 g/mol. The fourth-order valence-electron chi connectivity index (χ4n) is 2.51. The fourth-order valence-corrected chi connectivity index (χ4v) is 2.51. The van der Waals surface area contributed by atoms with Gasteiger partial charge >= 0.3 is 0 Å². The second kappa shape index (κ2) is 6.92. The van der Waals surface area contributed by atoms with Crippen LogP contribution in [0.3, 0.4) is 0 Å². The van der Waals surface area contributed by atoms with Crippen molar-refractivity contribution in [3.8, 4) is 11.8 Å². The maximum absolute atomic E-state index is 12.2. The second-order valence-corrected chi connectivity index (χ2v) is 5.09. The summed E-state index contributed by atoms with van der Waals surface area (Å²) in [7, 11) is 0. The molecule has 1 aliphatic rings. The minimum absolute atomic E-state index is 0.0164. The molecule has 1 aliphatic heterocycles. The first-order valence-corrected chi connectivity index (χ1v) is 6.88. The van der Waals surface area contributed by atoms with Gasteiger partial charge < -0.3 is 15.3 Å². The van der Waals surface area contributed by atoms with Crippen LogP contribution in [0.15, 0.2) is 24.3 Å². The summed E-state index contributed by atoms with van der Waals surface area (Å²) in [5, 5.41) is 20.8. The smallest absolute Gasteiger partial charge is 0.228 e. The lowest BCUT2D eigenvalue weighted by Crippen LogP contribution is -2.41. The number of carbonyl (C=O) groups excluding carboxylic acids is 1. The molecule has 20 heavy (non-hydrogen) atoms. The number of aromatic hydroxyl groups is 1. The normalized spacial score (nSPS) is 19.2. The highest BCUT2D eigenvalue weighted by molar-refractivity contribution is 5.92. The molecule has 0 radical (unpaired) electrons. The monoisotopic (exact) mass is 273 g/mol. The summed E-state index contributed by atoms with van der Waals surface area (Å²) in [5.41, 5.74) is 0.615. The molecule has 0 saturated carbocycles. The number of rotatable bonds is 4. The maximum Gasteiger partial charge on any atom is 0.228 e. The van der Waals surface area contributed by atoms with E-state index in [-0.39, 0.29) is 17.6 Å². The molecule has 1 unspecified atom stereocenters. The zero-order valence-corrected chi connectivity index (χ0v) is 11.4. The molecule has 0 aliphatic carbocycles. The van der Waals surface area contributed by atoms with Crippen LogP contribution in [-0.4, -0.2) is 35.5 Å². The van der Waals surface area contributed by atoms with Gasteiger partial charge in [0, 0.05) is 31.3 Å². The number of amides is 1. The highest BCUT2D eigenvalue weighted by Gasteiger charge is 2.25. The molecule has 106 valence electrons. The first kappa shape index (κ1) is 14.4. The van der Waals surface area contributed by atoms with E-state index in [1.54, 1.807) is 18.2 Å². The van der Waals surface area contributed by atoms with Crippen molar-refractivity contribution in [1.82, 2.24) is 4.90 Å². The zero-order valence-electron chi connectivity index (χ0n) is 11.4. The summed E-state index contributed by atoms with van der Waals surface area (Å²) in [6, 6.07) is 8.70. The van der Waals surface area contributed by atoms with Gasteiger partial charge in [-0.05, 0) is 31.5 Å². The van der Waals surface area contributed by atoms with E-state index in [0.29, 0.717) is 18.7 Å². The molecule has 5 nitrogen and oxygen atoms in total. The predicted molar refractivity (Wildman–Crippen MR) is 76.1 cm³/mol. The molecule has 1 atom stereocenters. The lowest BCUT2D eigenvalue weighted by Gasteiger charge is -2.31. The molecule has 2 rings (SSSR count). The largest absolute Gasteiger partial charge is 0.508 e. The van der Waals surface area contributed by atoms with Crippen LogP contribution in [0.25, 0.3) is 0 Å². The van der Waals surface area contributed by atoms with Crippen molar-refractivity contribution in [3.05, 3.63) is 24.3 Å². The Labute approximate surface area is 118 Å². The maximum atomic E-state index is 12.2. The number of anilines is 1. The Balaban J connectivity index is 1.90. The first-order chi connectivity index (χ1) is 9.69. The summed E-state index contributed by atoms with van der Waals surface area (Å²) in [6.07, 6.45) is 2.35. The number of piperidine rings is 1. The Morgan fingerprint density at radius 2 is 2.40 bits per heavy atom. The fraction of sp³-hybridized carbons (Fsp3) is 0.467. The van der Waals surface area contributed by atoms with Gasteiger partial charge in [-0.2, -0.15) is 5.26 Å². The number of nitrogens with one attached hydrogen (secondary N) is 1. The third-order valence-corrected chi connectivity index (χ3v) is 3.53. The average Bonchev–Trinajstić information content (AvgIpc) is 2.45. The van der Waals surface area contributed by atoms with Crippen molar-refractivity contribution in [1.29, 1.82) is 5.26 Å². The molecule has 2 N–H and O–H groups in total. The molecule has 1 aromatic rings. The first-order valence-electron chi connectivity index (χ1n) is 6.88. The van der Waals surface area contributed by atoms with E-state index in [0.717, 1.165) is 25.9 Å². The third kappa shape index (κ3) is 3.97. The van der Waals surface area contributed by atoms with E-state index in [4.69, 9.17) is 5.26 Å². The highest BCUT2D eigenvalue weighted by Crippen LogP contribution is 2.20. The van der Waals surface area contributed by atoms with Gasteiger partial charge in [-0.15, -0.1) is 0 Å². The highest BCUT2D eigenvalue weighted by atomic mass is 16.3. The van der Waals surface area contributed by atoms with Gasteiger partial charge in [-0.25, -0.2) is 0 Å². The number of phenols is 1. The molecule has 0 aromatic heterocycles. The Morgan fingerprint density at radius 1 is 1.55 bits per heavy atom. The van der Waals surface area contributed by atoms with Crippen LogP contribution in [0.4, 0.5) is 5.69 Å². The summed E-state index contributed by atoms with van der Waals surface area (Å²) in [4.78, 5) is 14.4. The molecule has 1 fully saturated rings. The molecule has 1 aromatic carbocycles. The number of hydrogen-bond donors (Lipinski definition) is 2. The van der Waals surface area contributed by atoms with Gasteiger partial charge in [0.15, 0.2) is 0 Å². The van der Waals surface area contributed by atoms with E-state index >= 15 is 0 Å². The van der Waals surface area contributed by atoms with Gasteiger partial charge in [0.05, 0.1) is 12.0 Å².